The molecule has 1 aromatic heterocycles. The molecule has 1 aliphatic heterocycles. The Labute approximate surface area is 132 Å². The molecular weight excluding hydrogens is 296 g/mol. The third-order valence-electron chi connectivity index (χ3n) is 3.47. The standard InChI is InChI=1S/C17H14N2O2S/c1-2-5-12(6-3-1)16-17(22-19-18-16)13-7-4-8-14(9-13)20-10-15-11-21-15/h1-9,15H,10-11H2. The number of aromatic nitrogens is 2. The van der Waals surface area contributed by atoms with Gasteiger partial charge in [-0.25, -0.2) is 0 Å². The first-order valence-corrected chi connectivity index (χ1v) is 7.90. The van der Waals surface area contributed by atoms with E-state index in [0.717, 1.165) is 34.1 Å². The highest BCUT2D eigenvalue weighted by molar-refractivity contribution is 7.09. The van der Waals surface area contributed by atoms with Gasteiger partial charge in [-0.05, 0) is 29.2 Å². The van der Waals surface area contributed by atoms with E-state index in [9.17, 15) is 0 Å². The van der Waals surface area contributed by atoms with Gasteiger partial charge in [0.15, 0.2) is 0 Å². The van der Waals surface area contributed by atoms with Crippen molar-refractivity contribution in [3.63, 3.8) is 0 Å². The van der Waals surface area contributed by atoms with Crippen LogP contribution < -0.4 is 4.74 Å². The minimum atomic E-state index is 0.258. The Morgan fingerprint density at radius 2 is 1.91 bits per heavy atom. The summed E-state index contributed by atoms with van der Waals surface area (Å²) >= 11 is 1.40. The van der Waals surface area contributed by atoms with E-state index in [1.807, 2.05) is 48.5 Å². The molecule has 1 aliphatic rings. The van der Waals surface area contributed by atoms with Gasteiger partial charge >= 0.3 is 0 Å². The van der Waals surface area contributed by atoms with E-state index in [-0.39, 0.29) is 6.10 Å². The number of epoxide rings is 1. The van der Waals surface area contributed by atoms with E-state index in [2.05, 4.69) is 15.7 Å². The second-order valence-corrected chi connectivity index (χ2v) is 5.86. The highest BCUT2D eigenvalue weighted by Gasteiger charge is 2.23. The van der Waals surface area contributed by atoms with Gasteiger partial charge < -0.3 is 9.47 Å². The first-order valence-electron chi connectivity index (χ1n) is 7.13. The number of hydrogen-bond acceptors (Lipinski definition) is 5. The SMILES string of the molecule is c1ccc(-c2nnsc2-c2cccc(OCC3CO3)c2)cc1. The molecule has 2 aromatic carbocycles. The van der Waals surface area contributed by atoms with Crippen molar-refractivity contribution in [3.05, 3.63) is 54.6 Å². The van der Waals surface area contributed by atoms with Crippen LogP contribution in [0.4, 0.5) is 0 Å². The van der Waals surface area contributed by atoms with Gasteiger partial charge in [0, 0.05) is 5.56 Å². The van der Waals surface area contributed by atoms with Gasteiger partial charge in [0.2, 0.25) is 0 Å². The Bertz CT molecular complexity index is 769. The molecule has 1 atom stereocenters. The molecule has 2 heterocycles. The molecule has 3 aromatic rings. The first-order chi connectivity index (χ1) is 10.9. The van der Waals surface area contributed by atoms with Gasteiger partial charge in [-0.1, -0.05) is 47.0 Å². The number of hydrogen-bond donors (Lipinski definition) is 0. The molecule has 1 saturated heterocycles. The van der Waals surface area contributed by atoms with E-state index >= 15 is 0 Å². The molecule has 0 N–H and O–H groups in total. The minimum absolute atomic E-state index is 0.258. The van der Waals surface area contributed by atoms with Crippen LogP contribution in [0.15, 0.2) is 54.6 Å². The highest BCUT2D eigenvalue weighted by Crippen LogP contribution is 2.34. The summed E-state index contributed by atoms with van der Waals surface area (Å²) in [5.41, 5.74) is 3.06. The van der Waals surface area contributed by atoms with Crippen LogP contribution in [0, 0.1) is 0 Å². The zero-order valence-corrected chi connectivity index (χ0v) is 12.6. The van der Waals surface area contributed by atoms with Crippen LogP contribution >= 0.6 is 11.5 Å². The van der Waals surface area contributed by atoms with E-state index in [0.29, 0.717) is 6.61 Å². The average Bonchev–Trinajstić information content (AvgIpc) is 3.28. The molecule has 1 unspecified atom stereocenters. The fourth-order valence-electron chi connectivity index (χ4n) is 2.25. The summed E-state index contributed by atoms with van der Waals surface area (Å²) < 4.78 is 15.0. The topological polar surface area (TPSA) is 47.5 Å². The van der Waals surface area contributed by atoms with Crippen LogP contribution in [0.5, 0.6) is 5.75 Å². The summed E-state index contributed by atoms with van der Waals surface area (Å²) in [6.07, 6.45) is 0.258. The lowest BCUT2D eigenvalue weighted by Crippen LogP contribution is -2.03. The molecule has 4 rings (SSSR count). The van der Waals surface area contributed by atoms with Crippen LogP contribution in [-0.4, -0.2) is 28.9 Å². The Kier molecular flexibility index (Phi) is 3.58. The number of nitrogens with zero attached hydrogens (tertiary/aromatic N) is 2. The predicted molar refractivity (Wildman–Crippen MR) is 86.0 cm³/mol. The molecule has 0 amide bonds. The van der Waals surface area contributed by atoms with Gasteiger partial charge in [-0.2, -0.15) is 0 Å². The van der Waals surface area contributed by atoms with Gasteiger partial charge in [0.25, 0.3) is 0 Å². The Morgan fingerprint density at radius 3 is 2.73 bits per heavy atom. The molecule has 110 valence electrons. The van der Waals surface area contributed by atoms with Crippen molar-refractivity contribution in [2.45, 2.75) is 6.10 Å². The lowest BCUT2D eigenvalue weighted by molar-refractivity contribution is 0.263. The van der Waals surface area contributed by atoms with Gasteiger partial charge in [-0.15, -0.1) is 5.10 Å². The van der Waals surface area contributed by atoms with Gasteiger partial charge in [-0.3, -0.25) is 0 Å². The van der Waals surface area contributed by atoms with Crippen molar-refractivity contribution in [1.82, 2.24) is 9.59 Å². The zero-order chi connectivity index (χ0) is 14.8. The maximum absolute atomic E-state index is 5.75. The zero-order valence-electron chi connectivity index (χ0n) is 11.8. The third kappa shape index (κ3) is 2.86. The van der Waals surface area contributed by atoms with Crippen molar-refractivity contribution in [1.29, 1.82) is 0 Å². The third-order valence-corrected chi connectivity index (χ3v) is 4.24. The predicted octanol–water partition coefficient (Wildman–Crippen LogP) is 3.65. The van der Waals surface area contributed by atoms with E-state index in [1.54, 1.807) is 0 Å². The van der Waals surface area contributed by atoms with Gasteiger partial charge in [0.1, 0.15) is 24.2 Å². The summed E-state index contributed by atoms with van der Waals surface area (Å²) in [6.45, 7) is 1.41. The van der Waals surface area contributed by atoms with Crippen molar-refractivity contribution in [3.8, 4) is 27.4 Å². The number of rotatable bonds is 5. The number of ether oxygens (including phenoxy) is 2. The molecule has 0 aliphatic carbocycles. The molecule has 0 saturated carbocycles. The fourth-order valence-corrected chi connectivity index (χ4v) is 2.93. The average molecular weight is 310 g/mol. The lowest BCUT2D eigenvalue weighted by atomic mass is 10.1. The summed E-state index contributed by atoms with van der Waals surface area (Å²) in [5, 5.41) is 4.28. The van der Waals surface area contributed by atoms with Crippen LogP contribution in [0.3, 0.4) is 0 Å². The van der Waals surface area contributed by atoms with Crippen LogP contribution in [0.25, 0.3) is 21.7 Å². The van der Waals surface area contributed by atoms with Crippen LogP contribution in [0.2, 0.25) is 0 Å². The Hall–Kier alpha value is -2.24. The molecule has 0 spiro atoms. The van der Waals surface area contributed by atoms with Crippen LogP contribution in [0.1, 0.15) is 0 Å². The maximum atomic E-state index is 5.75. The smallest absolute Gasteiger partial charge is 0.120 e. The second-order valence-electron chi connectivity index (χ2n) is 5.11. The van der Waals surface area contributed by atoms with E-state index < -0.39 is 0 Å². The summed E-state index contributed by atoms with van der Waals surface area (Å²) in [5.74, 6) is 0.848. The fraction of sp³-hybridized carbons (Fsp3) is 0.176. The molecule has 22 heavy (non-hydrogen) atoms. The second kappa shape index (κ2) is 5.87. The minimum Gasteiger partial charge on any atom is -0.491 e. The van der Waals surface area contributed by atoms with Crippen molar-refractivity contribution in [2.24, 2.45) is 0 Å². The summed E-state index contributed by atoms with van der Waals surface area (Å²) in [7, 11) is 0. The molecule has 5 heteroatoms. The molecule has 4 nitrogen and oxygen atoms in total. The van der Waals surface area contributed by atoms with E-state index in [4.69, 9.17) is 9.47 Å². The summed E-state index contributed by atoms with van der Waals surface area (Å²) in [4.78, 5) is 1.05. The van der Waals surface area contributed by atoms with Crippen molar-refractivity contribution < 1.29 is 9.47 Å². The van der Waals surface area contributed by atoms with Crippen molar-refractivity contribution in [2.75, 3.05) is 13.2 Å². The Balaban J connectivity index is 1.64. The molecule has 0 bridgehead atoms. The molecule has 0 radical (unpaired) electrons. The summed E-state index contributed by atoms with van der Waals surface area (Å²) in [6, 6.07) is 18.1. The largest absolute Gasteiger partial charge is 0.491 e. The monoisotopic (exact) mass is 310 g/mol. The Morgan fingerprint density at radius 1 is 1.09 bits per heavy atom. The normalized spacial score (nSPS) is 16.5. The van der Waals surface area contributed by atoms with Crippen molar-refractivity contribution >= 4 is 11.5 Å². The van der Waals surface area contributed by atoms with Gasteiger partial charge in [0.05, 0.1) is 11.5 Å². The first kappa shape index (κ1) is 13.4. The maximum Gasteiger partial charge on any atom is 0.120 e. The van der Waals surface area contributed by atoms with E-state index in [1.165, 1.54) is 11.5 Å². The number of benzene rings is 2. The molecular formula is C17H14N2O2S. The van der Waals surface area contributed by atoms with Crippen LogP contribution in [-0.2, 0) is 4.74 Å². The lowest BCUT2D eigenvalue weighted by Gasteiger charge is -2.06. The molecule has 1 fully saturated rings. The highest BCUT2D eigenvalue weighted by atomic mass is 32.1. The quantitative estimate of drug-likeness (QED) is 0.675.